The highest BCUT2D eigenvalue weighted by molar-refractivity contribution is 5.75. The molecule has 0 aromatic rings. The van der Waals surface area contributed by atoms with Crippen molar-refractivity contribution >= 4 is 5.78 Å². The Morgan fingerprint density at radius 2 is 2.33 bits per heavy atom. The zero-order chi connectivity index (χ0) is 9.40. The molecule has 12 heavy (non-hydrogen) atoms. The minimum absolute atomic E-state index is 0.189. The molecule has 1 atom stereocenters. The summed E-state index contributed by atoms with van der Waals surface area (Å²) in [6.45, 7) is 1.57. The largest absolute Gasteiger partial charge is 0.373 e. The molecule has 1 unspecified atom stereocenters. The van der Waals surface area contributed by atoms with Crippen molar-refractivity contribution in [3.8, 4) is 12.5 Å². The maximum absolute atomic E-state index is 10.5. The van der Waals surface area contributed by atoms with Gasteiger partial charge in [0.15, 0.2) is 0 Å². The minimum atomic E-state index is -0.637. The number of carbonyl (C=O) groups excluding carboxylic acids is 1. The Kier molecular flexibility index (Phi) is 6.12. The van der Waals surface area contributed by atoms with Gasteiger partial charge < -0.3 is 15.2 Å². The van der Waals surface area contributed by atoms with Crippen LogP contribution in [0.25, 0.3) is 0 Å². The molecule has 0 aliphatic carbocycles. The summed E-state index contributed by atoms with van der Waals surface area (Å²) in [4.78, 5) is 10.5. The van der Waals surface area contributed by atoms with Gasteiger partial charge in [0.1, 0.15) is 12.0 Å². The number of Topliss-reactive ketones (excluding diaryl/α,β-unsaturated/α-hetero) is 1. The normalized spacial score (nSPS) is 11.8. The second-order valence-corrected chi connectivity index (χ2v) is 2.75. The van der Waals surface area contributed by atoms with Crippen molar-refractivity contribution in [2.75, 3.05) is 0 Å². The maximum atomic E-state index is 10.5. The number of terminal acetylenes is 1. The Morgan fingerprint density at radius 1 is 1.67 bits per heavy atom. The van der Waals surface area contributed by atoms with Crippen LogP contribution in [0.5, 0.6) is 0 Å². The van der Waals surface area contributed by atoms with Crippen LogP contribution in [0.4, 0.5) is 0 Å². The number of aliphatic hydroxyl groups is 1. The molecule has 0 aromatic carbocycles. The molecule has 0 rings (SSSR count). The summed E-state index contributed by atoms with van der Waals surface area (Å²) in [6.07, 6.45) is 7.08. The maximum Gasteiger partial charge on any atom is 0.131 e. The van der Waals surface area contributed by atoms with Crippen LogP contribution in [0.15, 0.2) is 0 Å². The van der Waals surface area contributed by atoms with Gasteiger partial charge in [-0.3, -0.25) is 0 Å². The van der Waals surface area contributed by atoms with Crippen molar-refractivity contribution in [1.82, 2.24) is 5.32 Å². The quantitative estimate of drug-likeness (QED) is 0.265. The molecule has 0 saturated heterocycles. The minimum Gasteiger partial charge on any atom is -0.373 e. The Bertz CT molecular complexity index is 172. The number of rotatable bonds is 6. The van der Waals surface area contributed by atoms with Gasteiger partial charge in [0.05, 0.1) is 0 Å². The predicted molar refractivity (Wildman–Crippen MR) is 47.1 cm³/mol. The second-order valence-electron chi connectivity index (χ2n) is 2.75. The van der Waals surface area contributed by atoms with Crippen molar-refractivity contribution in [2.45, 2.75) is 38.8 Å². The smallest absolute Gasteiger partial charge is 0.131 e. The third kappa shape index (κ3) is 7.10. The number of nitrogens with one attached hydrogen (secondary N) is 1. The van der Waals surface area contributed by atoms with Crippen LogP contribution in [0.2, 0.25) is 0 Å². The van der Waals surface area contributed by atoms with Gasteiger partial charge in [0.2, 0.25) is 0 Å². The van der Waals surface area contributed by atoms with E-state index in [2.05, 4.69) is 11.4 Å². The highest BCUT2D eigenvalue weighted by atomic mass is 16.3. The predicted octanol–water partition coefficient (Wildman–Crippen LogP) is 0.634. The molecular formula is C9H15NO2. The van der Waals surface area contributed by atoms with E-state index in [9.17, 15) is 4.79 Å². The molecule has 3 nitrogen and oxygen atoms in total. The number of ketones is 1. The molecule has 0 aliphatic rings. The lowest BCUT2D eigenvalue weighted by Gasteiger charge is -2.07. The van der Waals surface area contributed by atoms with Gasteiger partial charge in [-0.15, -0.1) is 0 Å². The van der Waals surface area contributed by atoms with Gasteiger partial charge in [-0.2, -0.15) is 0 Å². The Labute approximate surface area is 73.2 Å². The third-order valence-electron chi connectivity index (χ3n) is 1.51. The third-order valence-corrected chi connectivity index (χ3v) is 1.51. The van der Waals surface area contributed by atoms with Crippen LogP contribution >= 0.6 is 0 Å². The van der Waals surface area contributed by atoms with Crippen molar-refractivity contribution in [1.29, 1.82) is 0 Å². The van der Waals surface area contributed by atoms with Crippen LogP contribution in [0.1, 0.15) is 32.6 Å². The summed E-state index contributed by atoms with van der Waals surface area (Å²) in [5.74, 6) is 0.189. The Hall–Kier alpha value is -1.01. The molecule has 2 N–H and O–H groups in total. The van der Waals surface area contributed by atoms with Gasteiger partial charge in [-0.05, 0) is 26.2 Å². The lowest BCUT2D eigenvalue weighted by molar-refractivity contribution is -0.117. The van der Waals surface area contributed by atoms with Gasteiger partial charge in [-0.1, -0.05) is 6.42 Å². The van der Waals surface area contributed by atoms with Crippen LogP contribution < -0.4 is 5.32 Å². The standard InChI is InChI=1S/C9H15NO2/c1-3-10-9(12)7-5-4-6-8(2)11/h1,9-10,12H,4-7H2,2H3. The fraction of sp³-hybridized carbons (Fsp3) is 0.667. The fourth-order valence-electron chi connectivity index (χ4n) is 0.880. The molecule has 0 bridgehead atoms. The van der Waals surface area contributed by atoms with Crippen LogP contribution in [-0.2, 0) is 4.79 Å². The molecule has 68 valence electrons. The van der Waals surface area contributed by atoms with Crippen molar-refractivity contribution in [3.63, 3.8) is 0 Å². The summed E-state index contributed by atoms with van der Waals surface area (Å²) in [5.41, 5.74) is 0. The summed E-state index contributed by atoms with van der Waals surface area (Å²) < 4.78 is 0. The zero-order valence-corrected chi connectivity index (χ0v) is 7.34. The molecule has 0 aliphatic heterocycles. The van der Waals surface area contributed by atoms with E-state index in [4.69, 9.17) is 11.5 Å². The number of carbonyl (C=O) groups is 1. The van der Waals surface area contributed by atoms with E-state index >= 15 is 0 Å². The number of hydrogen-bond donors (Lipinski definition) is 2. The molecule has 0 aromatic heterocycles. The molecule has 0 saturated carbocycles. The van der Waals surface area contributed by atoms with E-state index < -0.39 is 6.23 Å². The first-order valence-electron chi connectivity index (χ1n) is 4.05. The lowest BCUT2D eigenvalue weighted by atomic mass is 10.1. The SMILES string of the molecule is C#CNC(O)CCCCC(C)=O. The van der Waals surface area contributed by atoms with E-state index in [-0.39, 0.29) is 5.78 Å². The van der Waals surface area contributed by atoms with Crippen molar-refractivity contribution in [2.24, 2.45) is 0 Å². The molecular weight excluding hydrogens is 154 g/mol. The van der Waals surface area contributed by atoms with Gasteiger partial charge in [0.25, 0.3) is 0 Å². The van der Waals surface area contributed by atoms with E-state index in [0.29, 0.717) is 12.8 Å². The van der Waals surface area contributed by atoms with E-state index in [1.807, 2.05) is 0 Å². The fourth-order valence-corrected chi connectivity index (χ4v) is 0.880. The number of aliphatic hydroxyl groups excluding tert-OH is 1. The van der Waals surface area contributed by atoms with E-state index in [1.54, 1.807) is 6.92 Å². The first kappa shape index (κ1) is 11.0. The molecule has 0 spiro atoms. The summed E-state index contributed by atoms with van der Waals surface area (Å²) >= 11 is 0. The van der Waals surface area contributed by atoms with Crippen molar-refractivity contribution in [3.05, 3.63) is 0 Å². The topological polar surface area (TPSA) is 49.3 Å². The molecule has 3 heteroatoms. The first-order chi connectivity index (χ1) is 5.66. The second kappa shape index (κ2) is 6.68. The van der Waals surface area contributed by atoms with Gasteiger partial charge >= 0.3 is 0 Å². The van der Waals surface area contributed by atoms with Gasteiger partial charge in [-0.25, -0.2) is 0 Å². The first-order valence-corrected chi connectivity index (χ1v) is 4.05. The molecule has 0 heterocycles. The van der Waals surface area contributed by atoms with Crippen LogP contribution in [0.3, 0.4) is 0 Å². The molecule has 0 radical (unpaired) electrons. The van der Waals surface area contributed by atoms with Gasteiger partial charge in [0, 0.05) is 12.5 Å². The highest BCUT2D eigenvalue weighted by Gasteiger charge is 2.00. The summed E-state index contributed by atoms with van der Waals surface area (Å²) in [7, 11) is 0. The number of hydrogen-bond acceptors (Lipinski definition) is 3. The number of unbranched alkanes of at least 4 members (excludes halogenated alkanes) is 1. The summed E-state index contributed by atoms with van der Waals surface area (Å²) in [6, 6.07) is 2.15. The average molecular weight is 169 g/mol. The monoisotopic (exact) mass is 169 g/mol. The lowest BCUT2D eigenvalue weighted by Crippen LogP contribution is -2.23. The highest BCUT2D eigenvalue weighted by Crippen LogP contribution is 2.02. The Balaban J connectivity index is 3.20. The van der Waals surface area contributed by atoms with E-state index in [1.165, 1.54) is 0 Å². The van der Waals surface area contributed by atoms with Crippen LogP contribution in [0, 0.1) is 12.5 Å². The molecule has 0 amide bonds. The Morgan fingerprint density at radius 3 is 2.83 bits per heavy atom. The average Bonchev–Trinajstić information content (AvgIpc) is 1.98. The summed E-state index contributed by atoms with van der Waals surface area (Å²) in [5, 5.41) is 11.5. The van der Waals surface area contributed by atoms with Crippen molar-refractivity contribution < 1.29 is 9.90 Å². The zero-order valence-electron chi connectivity index (χ0n) is 7.34. The van der Waals surface area contributed by atoms with E-state index in [0.717, 1.165) is 12.8 Å². The molecule has 0 fully saturated rings. The van der Waals surface area contributed by atoms with Crippen LogP contribution in [-0.4, -0.2) is 17.1 Å².